The Morgan fingerprint density at radius 1 is 1.12 bits per heavy atom. The van der Waals surface area contributed by atoms with E-state index in [1.807, 2.05) is 49.1 Å². The highest BCUT2D eigenvalue weighted by Crippen LogP contribution is 2.08. The molecule has 25 heavy (non-hydrogen) atoms. The van der Waals surface area contributed by atoms with Crippen LogP contribution < -0.4 is 5.32 Å². The van der Waals surface area contributed by atoms with E-state index in [0.717, 1.165) is 18.5 Å². The van der Waals surface area contributed by atoms with E-state index in [-0.39, 0.29) is 11.9 Å². The third kappa shape index (κ3) is 4.35. The van der Waals surface area contributed by atoms with Crippen LogP contribution in [0.3, 0.4) is 0 Å². The van der Waals surface area contributed by atoms with Crippen LogP contribution in [0.1, 0.15) is 41.5 Å². The summed E-state index contributed by atoms with van der Waals surface area (Å²) in [5.74, 6) is -0.0946. The maximum atomic E-state index is 12.3. The molecular formula is C19H23N5O. The van der Waals surface area contributed by atoms with Crippen molar-refractivity contribution in [2.24, 2.45) is 0 Å². The second kappa shape index (κ2) is 7.79. The molecule has 2 heterocycles. The summed E-state index contributed by atoms with van der Waals surface area (Å²) >= 11 is 0. The number of amides is 1. The second-order valence-electron chi connectivity index (χ2n) is 6.29. The average Bonchev–Trinajstić information content (AvgIpc) is 3.25. The van der Waals surface area contributed by atoms with E-state index in [1.54, 1.807) is 16.9 Å². The number of hydrogen-bond acceptors (Lipinski definition) is 3. The molecule has 0 saturated heterocycles. The Morgan fingerprint density at radius 2 is 1.92 bits per heavy atom. The molecule has 130 valence electrons. The van der Waals surface area contributed by atoms with Gasteiger partial charge in [0.05, 0.1) is 12.7 Å². The van der Waals surface area contributed by atoms with Crippen molar-refractivity contribution in [1.29, 1.82) is 0 Å². The van der Waals surface area contributed by atoms with Crippen LogP contribution in [-0.2, 0) is 13.0 Å². The van der Waals surface area contributed by atoms with Crippen LogP contribution in [0.25, 0.3) is 0 Å². The fraction of sp³-hybridized carbons (Fsp3) is 0.316. The third-order valence-corrected chi connectivity index (χ3v) is 3.97. The number of nitrogens with zero attached hydrogens (tertiary/aromatic N) is 4. The minimum Gasteiger partial charge on any atom is -0.350 e. The Kier molecular flexibility index (Phi) is 5.28. The van der Waals surface area contributed by atoms with Crippen LogP contribution in [0.2, 0.25) is 0 Å². The molecule has 0 unspecified atom stereocenters. The summed E-state index contributed by atoms with van der Waals surface area (Å²) in [4.78, 5) is 12.3. The molecule has 0 saturated carbocycles. The SMILES string of the molecule is CC(C)n1nccc1C(=O)NCCc1cnn(Cc2ccccc2)c1. The molecule has 0 bridgehead atoms. The average molecular weight is 337 g/mol. The van der Waals surface area contributed by atoms with E-state index in [2.05, 4.69) is 27.6 Å². The normalized spacial score (nSPS) is 11.0. The van der Waals surface area contributed by atoms with Gasteiger partial charge in [0, 0.05) is 25.0 Å². The van der Waals surface area contributed by atoms with E-state index in [9.17, 15) is 4.79 Å². The fourth-order valence-corrected chi connectivity index (χ4v) is 2.71. The summed E-state index contributed by atoms with van der Waals surface area (Å²) < 4.78 is 3.65. The molecule has 6 heteroatoms. The molecule has 0 radical (unpaired) electrons. The molecule has 2 aromatic heterocycles. The fourth-order valence-electron chi connectivity index (χ4n) is 2.71. The van der Waals surface area contributed by atoms with Gasteiger partial charge in [0.1, 0.15) is 5.69 Å². The van der Waals surface area contributed by atoms with Gasteiger partial charge >= 0.3 is 0 Å². The number of benzene rings is 1. The van der Waals surface area contributed by atoms with Crippen molar-refractivity contribution in [3.63, 3.8) is 0 Å². The molecule has 0 spiro atoms. The van der Waals surface area contributed by atoms with Gasteiger partial charge in [-0.1, -0.05) is 30.3 Å². The second-order valence-corrected chi connectivity index (χ2v) is 6.29. The Hall–Kier alpha value is -2.89. The van der Waals surface area contributed by atoms with Crippen LogP contribution in [0, 0.1) is 0 Å². The van der Waals surface area contributed by atoms with Gasteiger partial charge in [-0.05, 0) is 37.5 Å². The van der Waals surface area contributed by atoms with Crippen LogP contribution in [0.5, 0.6) is 0 Å². The highest BCUT2D eigenvalue weighted by atomic mass is 16.2. The van der Waals surface area contributed by atoms with Gasteiger partial charge in [0.15, 0.2) is 0 Å². The molecule has 0 aliphatic heterocycles. The topological polar surface area (TPSA) is 64.7 Å². The van der Waals surface area contributed by atoms with E-state index in [0.29, 0.717) is 12.2 Å². The zero-order valence-electron chi connectivity index (χ0n) is 14.6. The first-order valence-electron chi connectivity index (χ1n) is 8.50. The van der Waals surface area contributed by atoms with Gasteiger partial charge in [-0.3, -0.25) is 14.2 Å². The smallest absolute Gasteiger partial charge is 0.269 e. The van der Waals surface area contributed by atoms with Crippen molar-refractivity contribution in [3.8, 4) is 0 Å². The Bertz CT molecular complexity index is 819. The Labute approximate surface area is 147 Å². The van der Waals surface area contributed by atoms with Crippen LogP contribution in [-0.4, -0.2) is 32.0 Å². The van der Waals surface area contributed by atoms with Gasteiger partial charge in [0.2, 0.25) is 0 Å². The summed E-state index contributed by atoms with van der Waals surface area (Å²) in [6.07, 6.45) is 6.28. The van der Waals surface area contributed by atoms with Gasteiger partial charge < -0.3 is 5.32 Å². The first kappa shape index (κ1) is 17.0. The Morgan fingerprint density at radius 3 is 2.68 bits per heavy atom. The summed E-state index contributed by atoms with van der Waals surface area (Å²) in [7, 11) is 0. The number of carbonyl (C=O) groups excluding carboxylic acids is 1. The van der Waals surface area contributed by atoms with Crippen molar-refractivity contribution in [2.75, 3.05) is 6.54 Å². The number of hydrogen-bond donors (Lipinski definition) is 1. The van der Waals surface area contributed by atoms with Gasteiger partial charge in [0.25, 0.3) is 5.91 Å². The van der Waals surface area contributed by atoms with Crippen molar-refractivity contribution in [2.45, 2.75) is 32.9 Å². The highest BCUT2D eigenvalue weighted by molar-refractivity contribution is 5.92. The number of nitrogens with one attached hydrogen (secondary N) is 1. The van der Waals surface area contributed by atoms with Crippen LogP contribution >= 0.6 is 0 Å². The van der Waals surface area contributed by atoms with Crippen molar-refractivity contribution >= 4 is 5.91 Å². The van der Waals surface area contributed by atoms with E-state index in [1.165, 1.54) is 5.56 Å². The monoisotopic (exact) mass is 337 g/mol. The molecule has 6 nitrogen and oxygen atoms in total. The predicted molar refractivity (Wildman–Crippen MR) is 96.4 cm³/mol. The molecule has 1 N–H and O–H groups in total. The summed E-state index contributed by atoms with van der Waals surface area (Å²) in [6, 6.07) is 12.1. The molecule has 0 aliphatic carbocycles. The minimum atomic E-state index is -0.0946. The van der Waals surface area contributed by atoms with Crippen LogP contribution in [0.4, 0.5) is 0 Å². The lowest BCUT2D eigenvalue weighted by Gasteiger charge is -2.10. The molecular weight excluding hydrogens is 314 g/mol. The first-order valence-corrected chi connectivity index (χ1v) is 8.50. The molecule has 3 aromatic rings. The zero-order valence-corrected chi connectivity index (χ0v) is 14.6. The van der Waals surface area contributed by atoms with Crippen molar-refractivity contribution in [1.82, 2.24) is 24.9 Å². The minimum absolute atomic E-state index is 0.0946. The molecule has 3 rings (SSSR count). The Balaban J connectivity index is 1.51. The van der Waals surface area contributed by atoms with Gasteiger partial charge in [-0.2, -0.15) is 10.2 Å². The molecule has 0 atom stereocenters. The number of rotatable bonds is 7. The lowest BCUT2D eigenvalue weighted by Crippen LogP contribution is -2.28. The highest BCUT2D eigenvalue weighted by Gasteiger charge is 2.13. The van der Waals surface area contributed by atoms with Crippen LogP contribution in [0.15, 0.2) is 55.0 Å². The van der Waals surface area contributed by atoms with Crippen molar-refractivity contribution < 1.29 is 4.79 Å². The first-order chi connectivity index (χ1) is 12.1. The standard InChI is InChI=1S/C19H23N5O/c1-15(2)24-18(9-11-21-24)19(25)20-10-8-17-12-22-23(14-17)13-16-6-4-3-5-7-16/h3-7,9,11-12,14-15H,8,10,13H2,1-2H3,(H,20,25). The summed E-state index contributed by atoms with van der Waals surface area (Å²) in [5.41, 5.74) is 2.91. The van der Waals surface area contributed by atoms with Gasteiger partial charge in [-0.15, -0.1) is 0 Å². The van der Waals surface area contributed by atoms with E-state index < -0.39 is 0 Å². The molecule has 1 amide bonds. The summed E-state index contributed by atoms with van der Waals surface area (Å²) in [5, 5.41) is 11.5. The summed E-state index contributed by atoms with van der Waals surface area (Å²) in [6.45, 7) is 5.33. The maximum Gasteiger partial charge on any atom is 0.269 e. The quantitative estimate of drug-likeness (QED) is 0.721. The predicted octanol–water partition coefficient (Wildman–Crippen LogP) is 2.68. The zero-order chi connectivity index (χ0) is 17.6. The lowest BCUT2D eigenvalue weighted by atomic mass is 10.2. The largest absolute Gasteiger partial charge is 0.350 e. The number of aromatic nitrogens is 4. The maximum absolute atomic E-state index is 12.3. The van der Waals surface area contributed by atoms with E-state index in [4.69, 9.17) is 0 Å². The van der Waals surface area contributed by atoms with Crippen molar-refractivity contribution in [3.05, 3.63) is 71.8 Å². The number of carbonyl (C=O) groups is 1. The van der Waals surface area contributed by atoms with Gasteiger partial charge in [-0.25, -0.2) is 0 Å². The molecule has 1 aromatic carbocycles. The molecule has 0 fully saturated rings. The molecule has 0 aliphatic rings. The lowest BCUT2D eigenvalue weighted by molar-refractivity contribution is 0.0941. The third-order valence-electron chi connectivity index (χ3n) is 3.97. The van der Waals surface area contributed by atoms with E-state index >= 15 is 0 Å².